The Hall–Kier alpha value is -1.84. The average molecular weight is 298 g/mol. The van der Waals surface area contributed by atoms with Gasteiger partial charge in [0.15, 0.2) is 0 Å². The van der Waals surface area contributed by atoms with Gasteiger partial charge in [-0.2, -0.15) is 0 Å². The van der Waals surface area contributed by atoms with Gasteiger partial charge in [0.2, 0.25) is 5.79 Å². The minimum absolute atomic E-state index is 0.000293. The summed E-state index contributed by atoms with van der Waals surface area (Å²) in [6, 6.07) is 17.9. The Morgan fingerprint density at radius 1 is 0.864 bits per heavy atom. The number of benzene rings is 2. The van der Waals surface area contributed by atoms with Gasteiger partial charge in [-0.05, 0) is 12.1 Å². The molecular formula is C19H22O3. The Morgan fingerprint density at radius 3 is 2.09 bits per heavy atom. The minimum Gasteiger partial charge on any atom is -0.496 e. The molecule has 1 aliphatic rings. The van der Waals surface area contributed by atoms with Crippen molar-refractivity contribution in [1.82, 2.24) is 0 Å². The van der Waals surface area contributed by atoms with E-state index in [9.17, 15) is 0 Å². The van der Waals surface area contributed by atoms with E-state index in [-0.39, 0.29) is 5.41 Å². The van der Waals surface area contributed by atoms with Crippen molar-refractivity contribution in [3.8, 4) is 5.75 Å². The van der Waals surface area contributed by atoms with Crippen LogP contribution in [-0.4, -0.2) is 20.3 Å². The van der Waals surface area contributed by atoms with Crippen LogP contribution in [0.1, 0.15) is 25.0 Å². The Kier molecular flexibility index (Phi) is 3.94. The van der Waals surface area contributed by atoms with Gasteiger partial charge in [-0.1, -0.05) is 56.3 Å². The van der Waals surface area contributed by atoms with Gasteiger partial charge >= 0.3 is 0 Å². The zero-order valence-electron chi connectivity index (χ0n) is 13.3. The molecule has 0 saturated carbocycles. The van der Waals surface area contributed by atoms with E-state index in [0.29, 0.717) is 13.2 Å². The van der Waals surface area contributed by atoms with Crippen LogP contribution in [0, 0.1) is 5.41 Å². The maximum absolute atomic E-state index is 6.29. The molecule has 1 heterocycles. The van der Waals surface area contributed by atoms with Crippen molar-refractivity contribution in [2.45, 2.75) is 19.6 Å². The first-order valence-corrected chi connectivity index (χ1v) is 7.54. The van der Waals surface area contributed by atoms with Crippen LogP contribution in [-0.2, 0) is 15.3 Å². The highest BCUT2D eigenvalue weighted by molar-refractivity contribution is 5.43. The second kappa shape index (κ2) is 5.75. The first-order valence-electron chi connectivity index (χ1n) is 7.54. The fraction of sp³-hybridized carbons (Fsp3) is 0.368. The molecule has 2 aromatic rings. The summed E-state index contributed by atoms with van der Waals surface area (Å²) in [6.45, 7) is 5.54. The molecule has 3 nitrogen and oxygen atoms in total. The van der Waals surface area contributed by atoms with Crippen LogP contribution in [0.2, 0.25) is 0 Å². The normalized spacial score (nSPS) is 19.6. The minimum atomic E-state index is -0.913. The number of hydrogen-bond acceptors (Lipinski definition) is 3. The van der Waals surface area contributed by atoms with Gasteiger partial charge in [0.1, 0.15) is 5.75 Å². The second-order valence-corrected chi connectivity index (χ2v) is 6.42. The largest absolute Gasteiger partial charge is 0.496 e. The number of para-hydroxylation sites is 1. The highest BCUT2D eigenvalue weighted by atomic mass is 16.7. The highest BCUT2D eigenvalue weighted by Crippen LogP contribution is 2.44. The summed E-state index contributed by atoms with van der Waals surface area (Å²) in [6.07, 6.45) is 0. The van der Waals surface area contributed by atoms with E-state index in [2.05, 4.69) is 13.8 Å². The fourth-order valence-electron chi connectivity index (χ4n) is 2.73. The standard InChI is InChI=1S/C19H22O3/c1-18(2)13-21-19(22-14-18,15-9-5-4-6-10-15)16-11-7-8-12-17(16)20-3/h4-12H,13-14H2,1-3H3. The fourth-order valence-corrected chi connectivity index (χ4v) is 2.73. The number of ether oxygens (including phenoxy) is 3. The van der Waals surface area contributed by atoms with Gasteiger partial charge in [-0.15, -0.1) is 0 Å². The van der Waals surface area contributed by atoms with Crippen molar-refractivity contribution < 1.29 is 14.2 Å². The maximum atomic E-state index is 6.29. The molecule has 3 heteroatoms. The third-order valence-electron chi connectivity index (χ3n) is 3.95. The Balaban J connectivity index is 2.12. The smallest absolute Gasteiger partial charge is 0.226 e. The van der Waals surface area contributed by atoms with Crippen molar-refractivity contribution in [2.75, 3.05) is 20.3 Å². The number of methoxy groups -OCH3 is 1. The average Bonchev–Trinajstić information content (AvgIpc) is 2.56. The van der Waals surface area contributed by atoms with E-state index >= 15 is 0 Å². The van der Waals surface area contributed by atoms with Gasteiger partial charge in [0, 0.05) is 11.0 Å². The molecule has 0 unspecified atom stereocenters. The molecule has 116 valence electrons. The molecule has 22 heavy (non-hydrogen) atoms. The van der Waals surface area contributed by atoms with Crippen molar-refractivity contribution in [3.05, 3.63) is 65.7 Å². The van der Waals surface area contributed by atoms with Crippen LogP contribution >= 0.6 is 0 Å². The third-order valence-corrected chi connectivity index (χ3v) is 3.95. The Labute approximate surface area is 131 Å². The summed E-state index contributed by atoms with van der Waals surface area (Å²) in [7, 11) is 1.67. The molecule has 0 N–H and O–H groups in total. The molecule has 0 spiro atoms. The summed E-state index contributed by atoms with van der Waals surface area (Å²) in [5.41, 5.74) is 1.88. The first kappa shape index (κ1) is 15.1. The molecule has 0 aliphatic carbocycles. The Morgan fingerprint density at radius 2 is 1.45 bits per heavy atom. The van der Waals surface area contributed by atoms with E-state index in [1.807, 2.05) is 54.6 Å². The summed E-state index contributed by atoms with van der Waals surface area (Å²) in [5, 5.41) is 0. The molecule has 2 aromatic carbocycles. The van der Waals surface area contributed by atoms with E-state index < -0.39 is 5.79 Å². The molecule has 1 fully saturated rings. The van der Waals surface area contributed by atoms with Crippen molar-refractivity contribution in [2.24, 2.45) is 5.41 Å². The van der Waals surface area contributed by atoms with E-state index in [1.165, 1.54) is 0 Å². The lowest BCUT2D eigenvalue weighted by molar-refractivity contribution is -0.284. The predicted octanol–water partition coefficient (Wildman–Crippen LogP) is 3.97. The van der Waals surface area contributed by atoms with Crippen LogP contribution in [0.4, 0.5) is 0 Å². The van der Waals surface area contributed by atoms with Crippen molar-refractivity contribution >= 4 is 0 Å². The van der Waals surface area contributed by atoms with Crippen LogP contribution in [0.5, 0.6) is 5.75 Å². The topological polar surface area (TPSA) is 27.7 Å². The molecule has 1 saturated heterocycles. The SMILES string of the molecule is COc1ccccc1C1(c2ccccc2)OCC(C)(C)CO1. The lowest BCUT2D eigenvalue weighted by atomic mass is 9.90. The quantitative estimate of drug-likeness (QED) is 0.858. The molecule has 1 aliphatic heterocycles. The molecule has 0 bridgehead atoms. The maximum Gasteiger partial charge on any atom is 0.226 e. The number of hydrogen-bond donors (Lipinski definition) is 0. The van der Waals surface area contributed by atoms with Crippen LogP contribution < -0.4 is 4.74 Å². The monoisotopic (exact) mass is 298 g/mol. The van der Waals surface area contributed by atoms with Gasteiger partial charge in [-0.25, -0.2) is 0 Å². The first-order chi connectivity index (χ1) is 10.6. The summed E-state index contributed by atoms with van der Waals surface area (Å²) in [5.74, 6) is -0.144. The highest BCUT2D eigenvalue weighted by Gasteiger charge is 2.45. The lowest BCUT2D eigenvalue weighted by Gasteiger charge is -2.44. The summed E-state index contributed by atoms with van der Waals surface area (Å²) < 4.78 is 18.1. The number of rotatable bonds is 3. The van der Waals surface area contributed by atoms with Crippen LogP contribution in [0.15, 0.2) is 54.6 Å². The van der Waals surface area contributed by atoms with Crippen LogP contribution in [0.3, 0.4) is 0 Å². The predicted molar refractivity (Wildman–Crippen MR) is 85.9 cm³/mol. The zero-order chi connectivity index (χ0) is 15.6. The van der Waals surface area contributed by atoms with E-state index in [1.54, 1.807) is 7.11 Å². The Bertz CT molecular complexity index is 624. The van der Waals surface area contributed by atoms with Gasteiger partial charge in [0.05, 0.1) is 25.9 Å². The molecular weight excluding hydrogens is 276 g/mol. The molecule has 0 aromatic heterocycles. The molecule has 3 rings (SSSR count). The van der Waals surface area contributed by atoms with E-state index in [0.717, 1.165) is 16.9 Å². The summed E-state index contributed by atoms with van der Waals surface area (Å²) in [4.78, 5) is 0. The zero-order valence-corrected chi connectivity index (χ0v) is 13.3. The van der Waals surface area contributed by atoms with Gasteiger partial charge < -0.3 is 14.2 Å². The van der Waals surface area contributed by atoms with E-state index in [4.69, 9.17) is 14.2 Å². The van der Waals surface area contributed by atoms with Gasteiger partial charge in [0.25, 0.3) is 0 Å². The van der Waals surface area contributed by atoms with Crippen molar-refractivity contribution in [3.63, 3.8) is 0 Å². The lowest BCUT2D eigenvalue weighted by Crippen LogP contribution is -2.46. The van der Waals surface area contributed by atoms with Gasteiger partial charge in [-0.3, -0.25) is 0 Å². The molecule has 0 atom stereocenters. The second-order valence-electron chi connectivity index (χ2n) is 6.42. The van der Waals surface area contributed by atoms with Crippen LogP contribution in [0.25, 0.3) is 0 Å². The summed E-state index contributed by atoms with van der Waals surface area (Å²) >= 11 is 0. The van der Waals surface area contributed by atoms with Crippen molar-refractivity contribution in [1.29, 1.82) is 0 Å². The molecule has 0 amide bonds. The third kappa shape index (κ3) is 2.62. The molecule has 0 radical (unpaired) electrons.